The van der Waals surface area contributed by atoms with Crippen LogP contribution in [0.2, 0.25) is 0 Å². The Balaban J connectivity index is 1.77. The Morgan fingerprint density at radius 1 is 1.08 bits per heavy atom. The van der Waals surface area contributed by atoms with E-state index in [4.69, 9.17) is 4.52 Å². The van der Waals surface area contributed by atoms with Gasteiger partial charge in [0.05, 0.1) is 6.61 Å². The van der Waals surface area contributed by atoms with Crippen molar-refractivity contribution in [2.24, 2.45) is 40.4 Å². The molecule has 3 rings (SSSR count). The van der Waals surface area contributed by atoms with E-state index < -0.39 is 8.60 Å². The maximum Gasteiger partial charge on any atom is 0.327 e. The minimum atomic E-state index is -2.23. The van der Waals surface area contributed by atoms with Crippen molar-refractivity contribution in [2.75, 3.05) is 6.61 Å². The highest BCUT2D eigenvalue weighted by Gasteiger charge is 2.57. The van der Waals surface area contributed by atoms with E-state index in [1.165, 1.54) is 51.4 Å². The summed E-state index contributed by atoms with van der Waals surface area (Å²) in [5.74, 6) is 4.22. The number of fused-ring (bicyclic) bond motifs is 3. The van der Waals surface area contributed by atoms with Gasteiger partial charge in [0.15, 0.2) is 0 Å². The summed E-state index contributed by atoms with van der Waals surface area (Å²) in [6.45, 7) is 10.2. The third-order valence-electron chi connectivity index (χ3n) is 8.25. The Morgan fingerprint density at radius 2 is 1.83 bits per heavy atom. The molecule has 3 nitrogen and oxygen atoms in total. The Morgan fingerprint density at radius 3 is 2.50 bits per heavy atom. The van der Waals surface area contributed by atoms with E-state index in [0.717, 1.165) is 23.7 Å². The first-order valence-electron chi connectivity index (χ1n) is 10.1. The molecular formula is C20H37O3P. The van der Waals surface area contributed by atoms with Gasteiger partial charge in [0.1, 0.15) is 0 Å². The van der Waals surface area contributed by atoms with E-state index >= 15 is 0 Å². The Kier molecular flexibility index (Phi) is 5.68. The second-order valence-electron chi connectivity index (χ2n) is 9.85. The van der Waals surface area contributed by atoms with Gasteiger partial charge in [-0.1, -0.05) is 34.1 Å². The van der Waals surface area contributed by atoms with E-state index in [1.807, 2.05) is 0 Å². The van der Waals surface area contributed by atoms with Crippen LogP contribution < -0.4 is 0 Å². The van der Waals surface area contributed by atoms with Crippen LogP contribution in [0.1, 0.15) is 79.1 Å². The minimum absolute atomic E-state index is 0.110. The molecule has 6 atom stereocenters. The molecule has 3 aliphatic carbocycles. The summed E-state index contributed by atoms with van der Waals surface area (Å²) >= 11 is 0. The molecule has 3 unspecified atom stereocenters. The molecule has 0 bridgehead atoms. The first-order chi connectivity index (χ1) is 11.3. The number of hydrogen-bond donors (Lipinski definition) is 2. The van der Waals surface area contributed by atoms with Crippen molar-refractivity contribution < 1.29 is 14.3 Å². The first kappa shape index (κ1) is 19.1. The number of rotatable bonds is 4. The second-order valence-corrected chi connectivity index (χ2v) is 10.6. The van der Waals surface area contributed by atoms with Gasteiger partial charge in [-0.15, -0.1) is 0 Å². The quantitative estimate of drug-likeness (QED) is 0.653. The molecule has 0 spiro atoms. The van der Waals surface area contributed by atoms with Crippen LogP contribution in [0.3, 0.4) is 0 Å². The van der Waals surface area contributed by atoms with Gasteiger partial charge in [0, 0.05) is 0 Å². The molecule has 0 heterocycles. The maximum absolute atomic E-state index is 9.22. The van der Waals surface area contributed by atoms with Gasteiger partial charge >= 0.3 is 8.60 Å². The summed E-state index contributed by atoms with van der Waals surface area (Å²) < 4.78 is 5.34. The average molecular weight is 356 g/mol. The predicted molar refractivity (Wildman–Crippen MR) is 99.3 cm³/mol. The van der Waals surface area contributed by atoms with Crippen LogP contribution in [0, 0.1) is 40.4 Å². The molecule has 0 aromatic rings. The smallest absolute Gasteiger partial charge is 0.327 e. The molecule has 0 amide bonds. The summed E-state index contributed by atoms with van der Waals surface area (Å²) in [5.41, 5.74) is 0.536. The summed E-state index contributed by atoms with van der Waals surface area (Å²) in [7, 11) is -2.23. The van der Waals surface area contributed by atoms with Gasteiger partial charge in [-0.2, -0.15) is 0 Å². The minimum Gasteiger partial charge on any atom is -0.328 e. The maximum atomic E-state index is 9.22. The van der Waals surface area contributed by atoms with Gasteiger partial charge in [-0.05, 0) is 85.4 Å². The van der Waals surface area contributed by atoms with Crippen LogP contribution in [-0.2, 0) is 4.52 Å². The Labute approximate surface area is 149 Å². The fourth-order valence-corrected chi connectivity index (χ4v) is 7.40. The topological polar surface area (TPSA) is 49.7 Å². The summed E-state index contributed by atoms with van der Waals surface area (Å²) in [6, 6.07) is 0. The van der Waals surface area contributed by atoms with Crippen LogP contribution in [0.5, 0.6) is 0 Å². The molecule has 140 valence electrons. The van der Waals surface area contributed by atoms with E-state index in [2.05, 4.69) is 27.7 Å². The highest BCUT2D eigenvalue weighted by Crippen LogP contribution is 2.64. The van der Waals surface area contributed by atoms with Crippen molar-refractivity contribution in [3.63, 3.8) is 0 Å². The van der Waals surface area contributed by atoms with Crippen LogP contribution >= 0.6 is 8.60 Å². The normalized spacial score (nSPS) is 46.0. The third kappa shape index (κ3) is 3.43. The van der Waals surface area contributed by atoms with Gasteiger partial charge in [-0.25, -0.2) is 0 Å². The fourth-order valence-electron chi connectivity index (χ4n) is 6.99. The lowest BCUT2D eigenvalue weighted by atomic mass is 9.44. The lowest BCUT2D eigenvalue weighted by molar-refractivity contribution is -0.133. The van der Waals surface area contributed by atoms with Crippen LogP contribution in [0.4, 0.5) is 0 Å². The SMILES string of the molecule is CC(C)C1CC[C@@H]2C(CCC3[C@@](C)(COP(O)O)CCC[C@@]32C)C1. The van der Waals surface area contributed by atoms with Crippen LogP contribution in [-0.4, -0.2) is 16.4 Å². The molecule has 0 aromatic carbocycles. The van der Waals surface area contributed by atoms with E-state index in [0.29, 0.717) is 17.9 Å². The Hall–Kier alpha value is 0.310. The standard InChI is InChI=1S/C20H37O3P/c1-14(2)15-6-8-17-16(12-15)7-9-18-19(3,13-23-24(21)22)10-5-11-20(17,18)4/h14-18,21-22H,5-13H2,1-4H3/t15?,16?,17-,18?,19-,20-/m1/s1. The highest BCUT2D eigenvalue weighted by molar-refractivity contribution is 7.39. The van der Waals surface area contributed by atoms with Crippen molar-refractivity contribution in [2.45, 2.75) is 79.1 Å². The number of hydrogen-bond acceptors (Lipinski definition) is 3. The molecule has 0 saturated heterocycles. The molecule has 4 heteroatoms. The third-order valence-corrected chi connectivity index (χ3v) is 8.61. The summed E-state index contributed by atoms with van der Waals surface area (Å²) in [5, 5.41) is 0. The molecular weight excluding hydrogens is 319 g/mol. The molecule has 0 aliphatic heterocycles. The lowest BCUT2D eigenvalue weighted by Crippen LogP contribution is -2.54. The first-order valence-corrected chi connectivity index (χ1v) is 11.2. The Bertz CT molecular complexity index is 441. The molecule has 0 aromatic heterocycles. The van der Waals surface area contributed by atoms with Gasteiger partial charge < -0.3 is 14.3 Å². The molecule has 3 aliphatic rings. The van der Waals surface area contributed by atoms with Crippen molar-refractivity contribution in [1.29, 1.82) is 0 Å². The zero-order valence-corrected chi connectivity index (χ0v) is 16.9. The largest absolute Gasteiger partial charge is 0.328 e. The fraction of sp³-hybridized carbons (Fsp3) is 1.00. The second kappa shape index (κ2) is 7.14. The van der Waals surface area contributed by atoms with Crippen molar-refractivity contribution >= 4 is 8.60 Å². The lowest BCUT2D eigenvalue weighted by Gasteiger charge is -2.62. The summed E-state index contributed by atoms with van der Waals surface area (Å²) in [4.78, 5) is 18.4. The van der Waals surface area contributed by atoms with Crippen molar-refractivity contribution in [3.05, 3.63) is 0 Å². The summed E-state index contributed by atoms with van der Waals surface area (Å²) in [6.07, 6.45) is 10.7. The molecule has 24 heavy (non-hydrogen) atoms. The van der Waals surface area contributed by atoms with Crippen molar-refractivity contribution in [1.82, 2.24) is 0 Å². The average Bonchev–Trinajstić information content (AvgIpc) is 2.52. The highest BCUT2D eigenvalue weighted by atomic mass is 31.2. The van der Waals surface area contributed by atoms with E-state index in [9.17, 15) is 9.79 Å². The van der Waals surface area contributed by atoms with Crippen LogP contribution in [0.25, 0.3) is 0 Å². The zero-order chi connectivity index (χ0) is 17.5. The molecule has 2 N–H and O–H groups in total. The van der Waals surface area contributed by atoms with Crippen LogP contribution in [0.15, 0.2) is 0 Å². The van der Waals surface area contributed by atoms with Gasteiger partial charge in [0.2, 0.25) is 0 Å². The molecule has 3 saturated carbocycles. The predicted octanol–water partition coefficient (Wildman–Crippen LogP) is 5.51. The molecule has 0 radical (unpaired) electrons. The van der Waals surface area contributed by atoms with E-state index in [-0.39, 0.29) is 5.41 Å². The zero-order valence-electron chi connectivity index (χ0n) is 16.0. The van der Waals surface area contributed by atoms with Crippen molar-refractivity contribution in [3.8, 4) is 0 Å². The monoisotopic (exact) mass is 356 g/mol. The van der Waals surface area contributed by atoms with E-state index in [1.54, 1.807) is 0 Å². The van der Waals surface area contributed by atoms with Gasteiger partial charge in [-0.3, -0.25) is 0 Å². The molecule has 3 fully saturated rings. The van der Waals surface area contributed by atoms with Gasteiger partial charge in [0.25, 0.3) is 0 Å².